The van der Waals surface area contributed by atoms with Crippen molar-refractivity contribution in [3.8, 4) is 0 Å². The highest BCUT2D eigenvalue weighted by atomic mass is 16.2. The molecule has 1 fully saturated rings. The van der Waals surface area contributed by atoms with Gasteiger partial charge in [-0.25, -0.2) is 0 Å². The Balaban J connectivity index is 1.72. The van der Waals surface area contributed by atoms with Crippen LogP contribution < -0.4 is 11.1 Å². The molecule has 2 atom stereocenters. The molecule has 1 amide bonds. The number of hydrogen-bond donors (Lipinski definition) is 2. The van der Waals surface area contributed by atoms with Crippen LogP contribution in [-0.4, -0.2) is 37.0 Å². The predicted molar refractivity (Wildman–Crippen MR) is 85.8 cm³/mol. The maximum Gasteiger partial charge on any atom is 0.241 e. The maximum atomic E-state index is 12.1. The van der Waals surface area contributed by atoms with Gasteiger partial charge in [-0.2, -0.15) is 0 Å². The van der Waals surface area contributed by atoms with Crippen LogP contribution in [0.5, 0.6) is 0 Å². The van der Waals surface area contributed by atoms with Crippen LogP contribution in [0.1, 0.15) is 37.8 Å². The third kappa shape index (κ3) is 5.14. The second kappa shape index (κ2) is 8.15. The summed E-state index contributed by atoms with van der Waals surface area (Å²) in [7, 11) is 0. The molecule has 1 aliphatic rings. The summed E-state index contributed by atoms with van der Waals surface area (Å²) in [4.78, 5) is 14.6. The zero-order chi connectivity index (χ0) is 15.1. The van der Waals surface area contributed by atoms with E-state index >= 15 is 0 Å². The lowest BCUT2D eigenvalue weighted by Gasteiger charge is -2.29. The number of likely N-dealkylation sites (tertiary alicyclic amines) is 1. The summed E-state index contributed by atoms with van der Waals surface area (Å²) in [6, 6.07) is 8.94. The molecule has 0 aliphatic carbocycles. The number of benzene rings is 1. The first kappa shape index (κ1) is 16.0. The fourth-order valence-corrected chi connectivity index (χ4v) is 2.84. The van der Waals surface area contributed by atoms with Crippen molar-refractivity contribution in [1.82, 2.24) is 10.2 Å². The Morgan fingerprint density at radius 2 is 1.90 bits per heavy atom. The maximum absolute atomic E-state index is 12.1. The second-order valence-electron chi connectivity index (χ2n) is 6.10. The molecule has 0 bridgehead atoms. The number of piperidine rings is 1. The van der Waals surface area contributed by atoms with Crippen molar-refractivity contribution >= 4 is 5.91 Å². The zero-order valence-corrected chi connectivity index (χ0v) is 12.9. The van der Waals surface area contributed by atoms with Crippen LogP contribution in [0.2, 0.25) is 0 Å². The van der Waals surface area contributed by atoms with Crippen LogP contribution in [0, 0.1) is 5.92 Å². The lowest BCUT2D eigenvalue weighted by molar-refractivity contribution is -0.122. The first-order valence-electron chi connectivity index (χ1n) is 7.97. The van der Waals surface area contributed by atoms with Crippen molar-refractivity contribution < 1.29 is 4.79 Å². The van der Waals surface area contributed by atoms with Gasteiger partial charge in [0.25, 0.3) is 0 Å². The normalized spacial score (nSPS) is 19.0. The summed E-state index contributed by atoms with van der Waals surface area (Å²) in [6.07, 6.45) is 3.96. The highest BCUT2D eigenvalue weighted by molar-refractivity contribution is 5.82. The average Bonchev–Trinajstić information content (AvgIpc) is 2.53. The van der Waals surface area contributed by atoms with Gasteiger partial charge in [0.2, 0.25) is 5.91 Å². The van der Waals surface area contributed by atoms with Gasteiger partial charge >= 0.3 is 0 Å². The fraction of sp³-hybridized carbons (Fsp3) is 0.588. The third-order valence-corrected chi connectivity index (χ3v) is 4.08. The molecule has 116 valence electrons. The molecule has 4 nitrogen and oxygen atoms in total. The standard InChI is InChI=1S/C17H27N3O/c1-14(13-20-10-6-3-7-11-20)12-19-17(21)16(18)15-8-4-2-5-9-15/h2,4-5,8-9,14,16H,3,6-7,10-13,18H2,1H3,(H,19,21). The van der Waals surface area contributed by atoms with Gasteiger partial charge in [-0.15, -0.1) is 0 Å². The second-order valence-corrected chi connectivity index (χ2v) is 6.10. The predicted octanol–water partition coefficient (Wildman–Crippen LogP) is 1.92. The minimum atomic E-state index is -0.576. The van der Waals surface area contributed by atoms with Crippen molar-refractivity contribution in [3.63, 3.8) is 0 Å². The first-order valence-corrected chi connectivity index (χ1v) is 7.97. The number of carbonyl (C=O) groups is 1. The van der Waals surface area contributed by atoms with Crippen molar-refractivity contribution in [3.05, 3.63) is 35.9 Å². The summed E-state index contributed by atoms with van der Waals surface area (Å²) in [5.74, 6) is 0.363. The average molecular weight is 289 g/mol. The van der Waals surface area contributed by atoms with Gasteiger partial charge < -0.3 is 16.0 Å². The van der Waals surface area contributed by atoms with Crippen molar-refractivity contribution in [2.45, 2.75) is 32.2 Å². The lowest BCUT2D eigenvalue weighted by atomic mass is 10.1. The first-order chi connectivity index (χ1) is 10.2. The molecular weight excluding hydrogens is 262 g/mol. The molecule has 3 N–H and O–H groups in total. The number of rotatable bonds is 6. The Labute approximate surface area is 127 Å². The van der Waals surface area contributed by atoms with E-state index in [-0.39, 0.29) is 5.91 Å². The van der Waals surface area contributed by atoms with E-state index in [0.717, 1.165) is 12.1 Å². The SMILES string of the molecule is CC(CNC(=O)C(N)c1ccccc1)CN1CCCCC1. The number of nitrogens with two attached hydrogens (primary N) is 1. The number of hydrogen-bond acceptors (Lipinski definition) is 3. The fourth-order valence-electron chi connectivity index (χ4n) is 2.84. The zero-order valence-electron chi connectivity index (χ0n) is 12.9. The van der Waals surface area contributed by atoms with Crippen LogP contribution >= 0.6 is 0 Å². The van der Waals surface area contributed by atoms with Crippen LogP contribution in [0.3, 0.4) is 0 Å². The summed E-state index contributed by atoms with van der Waals surface area (Å²) in [5, 5.41) is 2.98. The molecule has 2 rings (SSSR count). The van der Waals surface area contributed by atoms with E-state index in [4.69, 9.17) is 5.73 Å². The minimum Gasteiger partial charge on any atom is -0.354 e. The molecule has 0 spiro atoms. The van der Waals surface area contributed by atoms with Gasteiger partial charge in [0, 0.05) is 13.1 Å². The Morgan fingerprint density at radius 1 is 1.24 bits per heavy atom. The summed E-state index contributed by atoms with van der Waals surface area (Å²) in [5.41, 5.74) is 6.85. The molecule has 4 heteroatoms. The molecule has 2 unspecified atom stereocenters. The van der Waals surface area contributed by atoms with Gasteiger partial charge in [0.15, 0.2) is 0 Å². The van der Waals surface area contributed by atoms with E-state index in [2.05, 4.69) is 17.1 Å². The highest BCUT2D eigenvalue weighted by Crippen LogP contribution is 2.12. The van der Waals surface area contributed by atoms with Gasteiger partial charge in [0.1, 0.15) is 6.04 Å². The molecule has 0 aromatic heterocycles. The summed E-state index contributed by atoms with van der Waals surface area (Å²) in [6.45, 7) is 6.32. The third-order valence-electron chi connectivity index (χ3n) is 4.08. The quantitative estimate of drug-likeness (QED) is 0.841. The Morgan fingerprint density at radius 3 is 2.57 bits per heavy atom. The van der Waals surface area contributed by atoms with Gasteiger partial charge in [0.05, 0.1) is 0 Å². The van der Waals surface area contributed by atoms with E-state index in [1.165, 1.54) is 32.4 Å². The van der Waals surface area contributed by atoms with Crippen LogP contribution in [0.25, 0.3) is 0 Å². The Bertz CT molecular complexity index is 429. The molecule has 0 radical (unpaired) electrons. The van der Waals surface area contributed by atoms with E-state index in [1.54, 1.807) is 0 Å². The Hall–Kier alpha value is -1.39. The topological polar surface area (TPSA) is 58.4 Å². The molecule has 1 aromatic rings. The molecule has 1 saturated heterocycles. The van der Waals surface area contributed by atoms with Crippen LogP contribution in [-0.2, 0) is 4.79 Å². The number of amides is 1. The van der Waals surface area contributed by atoms with Crippen LogP contribution in [0.15, 0.2) is 30.3 Å². The highest BCUT2D eigenvalue weighted by Gasteiger charge is 2.17. The Kier molecular flexibility index (Phi) is 6.21. The van der Waals surface area contributed by atoms with E-state index in [9.17, 15) is 4.79 Å². The van der Waals surface area contributed by atoms with E-state index in [1.807, 2.05) is 30.3 Å². The largest absolute Gasteiger partial charge is 0.354 e. The van der Waals surface area contributed by atoms with Gasteiger partial charge in [-0.05, 0) is 37.4 Å². The van der Waals surface area contributed by atoms with Gasteiger partial charge in [-0.3, -0.25) is 4.79 Å². The molecule has 1 heterocycles. The molecule has 0 saturated carbocycles. The smallest absolute Gasteiger partial charge is 0.241 e. The molecular formula is C17H27N3O. The van der Waals surface area contributed by atoms with Crippen molar-refractivity contribution in [2.75, 3.05) is 26.2 Å². The van der Waals surface area contributed by atoms with Crippen molar-refractivity contribution in [1.29, 1.82) is 0 Å². The molecule has 21 heavy (non-hydrogen) atoms. The number of nitrogens with one attached hydrogen (secondary N) is 1. The molecule has 1 aromatic carbocycles. The lowest BCUT2D eigenvalue weighted by Crippen LogP contribution is -2.40. The minimum absolute atomic E-state index is 0.0910. The monoisotopic (exact) mass is 289 g/mol. The number of carbonyl (C=O) groups excluding carboxylic acids is 1. The van der Waals surface area contributed by atoms with Gasteiger partial charge in [-0.1, -0.05) is 43.7 Å². The van der Waals surface area contributed by atoms with Crippen LogP contribution in [0.4, 0.5) is 0 Å². The summed E-state index contributed by atoms with van der Waals surface area (Å²) >= 11 is 0. The van der Waals surface area contributed by atoms with E-state index in [0.29, 0.717) is 12.5 Å². The number of nitrogens with zero attached hydrogens (tertiary/aromatic N) is 1. The van der Waals surface area contributed by atoms with Crippen molar-refractivity contribution in [2.24, 2.45) is 11.7 Å². The van der Waals surface area contributed by atoms with E-state index < -0.39 is 6.04 Å². The summed E-state index contributed by atoms with van der Waals surface area (Å²) < 4.78 is 0. The molecule has 1 aliphatic heterocycles.